The number of H-pyrrole nitrogens is 1. The van der Waals surface area contributed by atoms with E-state index in [9.17, 15) is 4.79 Å². The van der Waals surface area contributed by atoms with Crippen molar-refractivity contribution in [3.63, 3.8) is 0 Å². The summed E-state index contributed by atoms with van der Waals surface area (Å²) >= 11 is 0. The fourth-order valence-corrected chi connectivity index (χ4v) is 4.63. The van der Waals surface area contributed by atoms with Gasteiger partial charge in [0.2, 0.25) is 5.95 Å². The molecule has 2 N–H and O–H groups in total. The number of piperazine rings is 1. The molecule has 10 heteroatoms. The van der Waals surface area contributed by atoms with Crippen molar-refractivity contribution in [1.29, 1.82) is 5.26 Å². The van der Waals surface area contributed by atoms with Crippen LogP contribution in [0, 0.1) is 11.3 Å². The largest absolute Gasteiger partial charge is 0.339 e. The number of aromatic amines is 1. The number of nitrogens with zero attached hydrogens (tertiary/aromatic N) is 7. The Morgan fingerprint density at radius 1 is 0.971 bits per heavy atom. The zero-order chi connectivity index (χ0) is 23.3. The number of hydrogen-bond acceptors (Lipinski definition) is 9. The summed E-state index contributed by atoms with van der Waals surface area (Å²) < 4.78 is 0. The van der Waals surface area contributed by atoms with Gasteiger partial charge in [0.25, 0.3) is 5.56 Å². The standard InChI is InChI=1S/C24H29N9O/c25-8-11-31-12-14-33(15-13-31)24-28-20-16-26-30-23(34)21(20)22(29-24)27-19-6-4-18(5-7-19)17-32-9-2-1-3-10-32/h4-7,16H,1-3,9-15,17H2,(H,30,34)(H,27,28,29). The average Bonchev–Trinajstić information content (AvgIpc) is 2.86. The summed E-state index contributed by atoms with van der Waals surface area (Å²) in [6, 6.07) is 10.5. The molecule has 34 heavy (non-hydrogen) atoms. The van der Waals surface area contributed by atoms with E-state index >= 15 is 0 Å². The molecule has 2 aliphatic rings. The third-order valence-electron chi connectivity index (χ3n) is 6.53. The monoisotopic (exact) mass is 459 g/mol. The second kappa shape index (κ2) is 10.2. The predicted octanol–water partition coefficient (Wildman–Crippen LogP) is 2.09. The van der Waals surface area contributed by atoms with E-state index in [2.05, 4.69) is 53.4 Å². The topological polar surface area (TPSA) is 117 Å². The fraction of sp³-hybridized carbons (Fsp3) is 0.458. The van der Waals surface area contributed by atoms with Crippen LogP contribution < -0.4 is 15.8 Å². The first-order valence-corrected chi connectivity index (χ1v) is 11.9. The minimum Gasteiger partial charge on any atom is -0.339 e. The molecule has 2 fully saturated rings. The molecule has 3 aromatic rings. The SMILES string of the molecule is N#CCN1CCN(c2nc(Nc3ccc(CN4CCCCC4)cc3)c3c(=O)[nH]ncc3n2)CC1. The van der Waals surface area contributed by atoms with Crippen LogP contribution in [0.15, 0.2) is 35.3 Å². The molecule has 0 bridgehead atoms. The van der Waals surface area contributed by atoms with Gasteiger partial charge in [0.15, 0.2) is 0 Å². The second-order valence-corrected chi connectivity index (χ2v) is 8.91. The Bertz CT molecular complexity index is 1220. The molecule has 2 aliphatic heterocycles. The summed E-state index contributed by atoms with van der Waals surface area (Å²) in [6.07, 6.45) is 5.44. The fourth-order valence-electron chi connectivity index (χ4n) is 4.63. The number of nitriles is 1. The van der Waals surface area contributed by atoms with E-state index in [1.54, 1.807) is 6.20 Å². The number of benzene rings is 1. The molecular weight excluding hydrogens is 430 g/mol. The molecule has 0 radical (unpaired) electrons. The van der Waals surface area contributed by atoms with Gasteiger partial charge in [-0.3, -0.25) is 14.6 Å². The minimum atomic E-state index is -0.327. The van der Waals surface area contributed by atoms with E-state index in [-0.39, 0.29) is 5.56 Å². The molecule has 0 unspecified atom stereocenters. The van der Waals surface area contributed by atoms with Gasteiger partial charge in [-0.2, -0.15) is 15.3 Å². The lowest BCUT2D eigenvalue weighted by atomic mass is 10.1. The summed E-state index contributed by atoms with van der Waals surface area (Å²) in [5, 5.41) is 19.1. The van der Waals surface area contributed by atoms with Crippen molar-refractivity contribution in [3.05, 3.63) is 46.4 Å². The van der Waals surface area contributed by atoms with Crippen molar-refractivity contribution >= 4 is 28.4 Å². The van der Waals surface area contributed by atoms with Crippen LogP contribution in [0.4, 0.5) is 17.5 Å². The number of anilines is 3. The quantitative estimate of drug-likeness (QED) is 0.534. The highest BCUT2D eigenvalue weighted by Crippen LogP contribution is 2.25. The van der Waals surface area contributed by atoms with Crippen LogP contribution in [0.3, 0.4) is 0 Å². The number of fused-ring (bicyclic) bond motifs is 1. The Kier molecular flexibility index (Phi) is 6.65. The van der Waals surface area contributed by atoms with Crippen molar-refractivity contribution < 1.29 is 0 Å². The van der Waals surface area contributed by atoms with Crippen molar-refractivity contribution in [2.45, 2.75) is 25.8 Å². The van der Waals surface area contributed by atoms with Crippen LogP contribution in [0.2, 0.25) is 0 Å². The first-order chi connectivity index (χ1) is 16.7. The zero-order valence-electron chi connectivity index (χ0n) is 19.2. The molecule has 176 valence electrons. The Hall–Kier alpha value is -3.55. The Balaban J connectivity index is 1.37. The smallest absolute Gasteiger partial charge is 0.277 e. The van der Waals surface area contributed by atoms with E-state index in [1.165, 1.54) is 24.8 Å². The summed E-state index contributed by atoms with van der Waals surface area (Å²) in [6.45, 7) is 6.68. The van der Waals surface area contributed by atoms with Crippen LogP contribution >= 0.6 is 0 Å². The molecule has 0 aliphatic carbocycles. The van der Waals surface area contributed by atoms with E-state index < -0.39 is 0 Å². The van der Waals surface area contributed by atoms with Gasteiger partial charge in [-0.1, -0.05) is 18.6 Å². The molecule has 0 atom stereocenters. The molecule has 0 amide bonds. The first kappa shape index (κ1) is 22.3. The number of piperidine rings is 1. The number of nitrogens with one attached hydrogen (secondary N) is 2. The lowest BCUT2D eigenvalue weighted by Crippen LogP contribution is -2.47. The van der Waals surface area contributed by atoms with Crippen LogP contribution in [-0.4, -0.2) is 75.8 Å². The van der Waals surface area contributed by atoms with Crippen LogP contribution in [0.25, 0.3) is 10.9 Å². The normalized spacial score (nSPS) is 17.6. The maximum absolute atomic E-state index is 12.6. The minimum absolute atomic E-state index is 0.327. The van der Waals surface area contributed by atoms with Crippen molar-refractivity contribution in [2.24, 2.45) is 0 Å². The van der Waals surface area contributed by atoms with E-state index in [1.807, 2.05) is 12.1 Å². The van der Waals surface area contributed by atoms with Gasteiger partial charge in [0.05, 0.1) is 18.8 Å². The van der Waals surface area contributed by atoms with Gasteiger partial charge >= 0.3 is 0 Å². The second-order valence-electron chi connectivity index (χ2n) is 8.91. The van der Waals surface area contributed by atoms with E-state index in [4.69, 9.17) is 10.2 Å². The lowest BCUT2D eigenvalue weighted by molar-refractivity contribution is 0.221. The average molecular weight is 460 g/mol. The molecule has 1 aromatic carbocycles. The highest BCUT2D eigenvalue weighted by molar-refractivity contribution is 5.90. The number of hydrogen-bond donors (Lipinski definition) is 2. The highest BCUT2D eigenvalue weighted by Gasteiger charge is 2.21. The van der Waals surface area contributed by atoms with E-state index in [0.29, 0.717) is 42.3 Å². The third kappa shape index (κ3) is 5.00. The van der Waals surface area contributed by atoms with Gasteiger partial charge in [-0.25, -0.2) is 10.1 Å². The maximum atomic E-state index is 12.6. The molecule has 2 aromatic heterocycles. The highest BCUT2D eigenvalue weighted by atomic mass is 16.1. The molecule has 10 nitrogen and oxygen atoms in total. The molecule has 2 saturated heterocycles. The Labute approximate surface area is 198 Å². The molecule has 4 heterocycles. The van der Waals surface area contributed by atoms with Crippen molar-refractivity contribution in [3.8, 4) is 6.07 Å². The van der Waals surface area contributed by atoms with Gasteiger partial charge in [-0.15, -0.1) is 0 Å². The maximum Gasteiger partial charge on any atom is 0.277 e. The number of aromatic nitrogens is 4. The molecule has 5 rings (SSSR count). The first-order valence-electron chi connectivity index (χ1n) is 11.9. The van der Waals surface area contributed by atoms with Gasteiger partial charge in [0.1, 0.15) is 16.7 Å². The summed E-state index contributed by atoms with van der Waals surface area (Å²) in [4.78, 5) is 28.6. The van der Waals surface area contributed by atoms with Gasteiger partial charge in [-0.05, 0) is 43.6 Å². The van der Waals surface area contributed by atoms with Crippen LogP contribution in [0.1, 0.15) is 24.8 Å². The summed E-state index contributed by atoms with van der Waals surface area (Å²) in [5.74, 6) is 1.02. The van der Waals surface area contributed by atoms with Gasteiger partial charge in [0, 0.05) is 38.4 Å². The van der Waals surface area contributed by atoms with Gasteiger partial charge < -0.3 is 10.2 Å². The summed E-state index contributed by atoms with van der Waals surface area (Å²) in [7, 11) is 0. The van der Waals surface area contributed by atoms with Crippen LogP contribution in [-0.2, 0) is 6.54 Å². The van der Waals surface area contributed by atoms with Crippen LogP contribution in [0.5, 0.6) is 0 Å². The van der Waals surface area contributed by atoms with Crippen molar-refractivity contribution in [2.75, 3.05) is 56.0 Å². The lowest BCUT2D eigenvalue weighted by Gasteiger charge is -2.33. The third-order valence-corrected chi connectivity index (χ3v) is 6.53. The Morgan fingerprint density at radius 2 is 1.74 bits per heavy atom. The molecule has 0 saturated carbocycles. The van der Waals surface area contributed by atoms with Crippen molar-refractivity contribution in [1.82, 2.24) is 30.0 Å². The zero-order valence-corrected chi connectivity index (χ0v) is 19.2. The predicted molar refractivity (Wildman–Crippen MR) is 131 cm³/mol. The Morgan fingerprint density at radius 3 is 2.47 bits per heavy atom. The molecular formula is C24H29N9O. The number of rotatable bonds is 6. The number of likely N-dealkylation sites (tertiary alicyclic amines) is 1. The summed E-state index contributed by atoms with van der Waals surface area (Å²) in [5.41, 5.74) is 2.31. The molecule has 0 spiro atoms. The van der Waals surface area contributed by atoms with E-state index in [0.717, 1.165) is 38.4 Å².